The van der Waals surface area contributed by atoms with Crippen LogP contribution in [0.5, 0.6) is 0 Å². The summed E-state index contributed by atoms with van der Waals surface area (Å²) in [5.74, 6) is 0.0662. The molecular formula is C12H11N3OS. The van der Waals surface area contributed by atoms with Gasteiger partial charge in [-0.25, -0.2) is 4.98 Å². The maximum absolute atomic E-state index is 8.70. The molecule has 2 rings (SSSR count). The second kappa shape index (κ2) is 5.36. The highest BCUT2D eigenvalue weighted by Gasteiger charge is 2.08. The number of rotatable bonds is 3. The van der Waals surface area contributed by atoms with Crippen LogP contribution in [0.3, 0.4) is 0 Å². The van der Waals surface area contributed by atoms with Gasteiger partial charge in [-0.2, -0.15) is 0 Å². The van der Waals surface area contributed by atoms with Gasteiger partial charge in [0.2, 0.25) is 0 Å². The molecular weight excluding hydrogens is 234 g/mol. The van der Waals surface area contributed by atoms with E-state index in [0.29, 0.717) is 10.6 Å². The number of amidine groups is 1. The van der Waals surface area contributed by atoms with E-state index in [-0.39, 0.29) is 5.84 Å². The zero-order chi connectivity index (χ0) is 12.1. The minimum absolute atomic E-state index is 0.0662. The Morgan fingerprint density at radius 2 is 1.94 bits per heavy atom. The van der Waals surface area contributed by atoms with E-state index in [9.17, 15) is 0 Å². The first kappa shape index (κ1) is 11.5. The normalized spacial score (nSPS) is 11.4. The predicted molar refractivity (Wildman–Crippen MR) is 67.3 cm³/mol. The largest absolute Gasteiger partial charge is 0.409 e. The summed E-state index contributed by atoms with van der Waals surface area (Å²) in [5, 5.41) is 12.4. The fraction of sp³-hybridized carbons (Fsp3) is 0. The summed E-state index contributed by atoms with van der Waals surface area (Å²) < 4.78 is 0. The molecule has 0 aliphatic rings. The SMILES string of the molecule is N/C(=N\O)c1cccnc1Sc1ccccc1. The molecule has 1 aromatic carbocycles. The molecule has 0 radical (unpaired) electrons. The molecule has 5 heteroatoms. The fourth-order valence-electron chi connectivity index (χ4n) is 1.32. The lowest BCUT2D eigenvalue weighted by molar-refractivity contribution is 0.318. The lowest BCUT2D eigenvalue weighted by atomic mass is 10.3. The fourth-order valence-corrected chi connectivity index (χ4v) is 2.23. The Bertz CT molecular complexity index is 528. The average molecular weight is 245 g/mol. The predicted octanol–water partition coefficient (Wildman–Crippen LogP) is 2.33. The molecule has 0 spiro atoms. The van der Waals surface area contributed by atoms with Crippen molar-refractivity contribution in [2.75, 3.05) is 0 Å². The van der Waals surface area contributed by atoms with Gasteiger partial charge in [0.25, 0.3) is 0 Å². The molecule has 1 aromatic heterocycles. The molecule has 0 atom stereocenters. The van der Waals surface area contributed by atoms with Crippen LogP contribution in [-0.4, -0.2) is 16.0 Å². The lowest BCUT2D eigenvalue weighted by Crippen LogP contribution is -2.14. The standard InChI is InChI=1S/C12H11N3OS/c13-11(15-16)10-7-4-8-14-12(10)17-9-5-2-1-3-6-9/h1-8,16H,(H2,13,15). The van der Waals surface area contributed by atoms with Gasteiger partial charge in [0, 0.05) is 11.1 Å². The molecule has 0 bridgehead atoms. The number of hydrogen-bond donors (Lipinski definition) is 2. The summed E-state index contributed by atoms with van der Waals surface area (Å²) >= 11 is 1.47. The molecule has 0 amide bonds. The Labute approximate surface area is 103 Å². The molecule has 0 fully saturated rings. The van der Waals surface area contributed by atoms with Crippen LogP contribution >= 0.6 is 11.8 Å². The molecule has 3 N–H and O–H groups in total. The van der Waals surface area contributed by atoms with Gasteiger partial charge in [-0.05, 0) is 24.3 Å². The molecule has 17 heavy (non-hydrogen) atoms. The van der Waals surface area contributed by atoms with Crippen LogP contribution in [-0.2, 0) is 0 Å². The number of oxime groups is 1. The number of nitrogens with two attached hydrogens (primary N) is 1. The topological polar surface area (TPSA) is 71.5 Å². The summed E-state index contributed by atoms with van der Waals surface area (Å²) in [6, 6.07) is 13.3. The van der Waals surface area contributed by atoms with Crippen molar-refractivity contribution in [3.63, 3.8) is 0 Å². The summed E-state index contributed by atoms with van der Waals surface area (Å²) in [6.07, 6.45) is 1.68. The van der Waals surface area contributed by atoms with Gasteiger partial charge in [0.05, 0.1) is 5.56 Å². The van der Waals surface area contributed by atoms with E-state index >= 15 is 0 Å². The summed E-state index contributed by atoms with van der Waals surface area (Å²) in [7, 11) is 0. The van der Waals surface area contributed by atoms with E-state index in [1.165, 1.54) is 11.8 Å². The minimum atomic E-state index is 0.0662. The molecule has 0 saturated carbocycles. The highest BCUT2D eigenvalue weighted by Crippen LogP contribution is 2.27. The Morgan fingerprint density at radius 3 is 2.65 bits per heavy atom. The number of pyridine rings is 1. The van der Waals surface area contributed by atoms with Crippen molar-refractivity contribution in [1.29, 1.82) is 0 Å². The van der Waals surface area contributed by atoms with Crippen molar-refractivity contribution in [3.8, 4) is 0 Å². The number of hydrogen-bond acceptors (Lipinski definition) is 4. The minimum Gasteiger partial charge on any atom is -0.409 e. The van der Waals surface area contributed by atoms with E-state index in [4.69, 9.17) is 10.9 Å². The van der Waals surface area contributed by atoms with Gasteiger partial charge >= 0.3 is 0 Å². The van der Waals surface area contributed by atoms with Crippen molar-refractivity contribution >= 4 is 17.6 Å². The van der Waals surface area contributed by atoms with Crippen LogP contribution in [0, 0.1) is 0 Å². The van der Waals surface area contributed by atoms with Crippen LogP contribution < -0.4 is 5.73 Å². The van der Waals surface area contributed by atoms with Crippen molar-refractivity contribution in [2.24, 2.45) is 10.9 Å². The first-order valence-electron chi connectivity index (χ1n) is 4.97. The van der Waals surface area contributed by atoms with Crippen LogP contribution in [0.25, 0.3) is 0 Å². The van der Waals surface area contributed by atoms with Gasteiger partial charge in [0.1, 0.15) is 5.03 Å². The highest BCUT2D eigenvalue weighted by atomic mass is 32.2. The smallest absolute Gasteiger partial charge is 0.172 e. The lowest BCUT2D eigenvalue weighted by Gasteiger charge is -2.05. The molecule has 86 valence electrons. The zero-order valence-corrected chi connectivity index (χ0v) is 9.76. The maximum atomic E-state index is 8.70. The van der Waals surface area contributed by atoms with Crippen LogP contribution in [0.2, 0.25) is 0 Å². The Kier molecular flexibility index (Phi) is 3.62. The highest BCUT2D eigenvalue weighted by molar-refractivity contribution is 7.99. The van der Waals surface area contributed by atoms with Gasteiger partial charge in [0.15, 0.2) is 5.84 Å². The Balaban J connectivity index is 2.33. The third-order valence-corrected chi connectivity index (χ3v) is 3.14. The molecule has 0 aliphatic carbocycles. The van der Waals surface area contributed by atoms with Gasteiger partial charge in [-0.15, -0.1) is 0 Å². The first-order chi connectivity index (χ1) is 8.31. The van der Waals surface area contributed by atoms with Crippen LogP contribution in [0.4, 0.5) is 0 Å². The third-order valence-electron chi connectivity index (χ3n) is 2.11. The van der Waals surface area contributed by atoms with E-state index in [1.807, 2.05) is 30.3 Å². The second-order valence-electron chi connectivity index (χ2n) is 3.26. The van der Waals surface area contributed by atoms with Crippen molar-refractivity contribution < 1.29 is 5.21 Å². The monoisotopic (exact) mass is 245 g/mol. The van der Waals surface area contributed by atoms with Gasteiger partial charge in [-0.1, -0.05) is 35.1 Å². The van der Waals surface area contributed by atoms with Crippen molar-refractivity contribution in [2.45, 2.75) is 9.92 Å². The summed E-state index contributed by atoms with van der Waals surface area (Å²) in [4.78, 5) is 5.29. The molecule has 1 heterocycles. The van der Waals surface area contributed by atoms with Gasteiger partial charge < -0.3 is 10.9 Å². The molecule has 0 aliphatic heterocycles. The number of benzene rings is 1. The Morgan fingerprint density at radius 1 is 1.18 bits per heavy atom. The summed E-state index contributed by atoms with van der Waals surface area (Å²) in [5.41, 5.74) is 6.22. The Hall–Kier alpha value is -2.01. The van der Waals surface area contributed by atoms with Crippen LogP contribution in [0.1, 0.15) is 5.56 Å². The molecule has 2 aromatic rings. The van der Waals surface area contributed by atoms with E-state index < -0.39 is 0 Å². The molecule has 0 saturated heterocycles. The van der Waals surface area contributed by atoms with E-state index in [0.717, 1.165) is 4.90 Å². The molecule has 4 nitrogen and oxygen atoms in total. The third kappa shape index (κ3) is 2.76. The maximum Gasteiger partial charge on any atom is 0.172 e. The second-order valence-corrected chi connectivity index (χ2v) is 4.32. The number of nitrogens with zero attached hydrogens (tertiary/aromatic N) is 2. The van der Waals surface area contributed by atoms with Gasteiger partial charge in [-0.3, -0.25) is 0 Å². The zero-order valence-electron chi connectivity index (χ0n) is 8.95. The molecule has 0 unspecified atom stereocenters. The first-order valence-corrected chi connectivity index (χ1v) is 5.78. The number of aromatic nitrogens is 1. The van der Waals surface area contributed by atoms with E-state index in [1.54, 1.807) is 18.3 Å². The van der Waals surface area contributed by atoms with Crippen molar-refractivity contribution in [1.82, 2.24) is 4.98 Å². The van der Waals surface area contributed by atoms with Crippen LogP contribution in [0.15, 0.2) is 63.7 Å². The average Bonchev–Trinajstić information content (AvgIpc) is 2.40. The van der Waals surface area contributed by atoms with E-state index in [2.05, 4.69) is 10.1 Å². The summed E-state index contributed by atoms with van der Waals surface area (Å²) in [6.45, 7) is 0. The van der Waals surface area contributed by atoms with Crippen molar-refractivity contribution in [3.05, 3.63) is 54.2 Å². The quantitative estimate of drug-likeness (QED) is 0.377.